The zero-order valence-corrected chi connectivity index (χ0v) is 19.6. The van der Waals surface area contributed by atoms with E-state index in [0.717, 1.165) is 22.4 Å². The number of hydrogen-bond acceptors (Lipinski definition) is 5. The minimum Gasteiger partial charge on any atom is -0.467 e. The summed E-state index contributed by atoms with van der Waals surface area (Å²) in [5, 5.41) is 3.51. The van der Waals surface area contributed by atoms with Gasteiger partial charge in [0.2, 0.25) is 0 Å². The molecule has 1 aliphatic heterocycles. The van der Waals surface area contributed by atoms with Crippen LogP contribution in [0.1, 0.15) is 25.3 Å². The molecule has 0 aromatic heterocycles. The number of para-hydroxylation sites is 1. The highest BCUT2D eigenvalue weighted by atomic mass is 16.6. The lowest BCUT2D eigenvalue weighted by molar-refractivity contribution is -0.148. The van der Waals surface area contributed by atoms with Gasteiger partial charge in [0.1, 0.15) is 12.1 Å². The van der Waals surface area contributed by atoms with E-state index < -0.39 is 5.54 Å². The lowest BCUT2D eigenvalue weighted by Gasteiger charge is -2.44. The van der Waals surface area contributed by atoms with E-state index in [1.165, 1.54) is 7.11 Å². The van der Waals surface area contributed by atoms with Crippen molar-refractivity contribution in [3.05, 3.63) is 90.5 Å². The fourth-order valence-electron chi connectivity index (χ4n) is 4.59. The number of amides is 1. The Labute approximate surface area is 200 Å². The number of methoxy groups -OCH3 is 1. The number of benzene rings is 3. The van der Waals surface area contributed by atoms with Gasteiger partial charge in [-0.25, -0.2) is 9.59 Å². The standard InChI is InChI=1S/C28H30N2O4/c1-21-19-28(26(31)33-2,17-18-30(21)27(32)34-20-22-11-5-3-6-12-22)29-25-16-10-9-15-24(25)23-13-7-4-8-14-23/h3-16,21,29H,17-20H2,1-2H3/t21-,28-/m0/s1. The number of carbonyl (C=O) groups excluding carboxylic acids is 2. The maximum atomic E-state index is 13.1. The zero-order valence-electron chi connectivity index (χ0n) is 19.6. The second-order valence-electron chi connectivity index (χ2n) is 8.65. The van der Waals surface area contributed by atoms with Gasteiger partial charge in [0.15, 0.2) is 0 Å². The lowest BCUT2D eigenvalue weighted by Crippen LogP contribution is -2.59. The molecule has 1 amide bonds. The third kappa shape index (κ3) is 5.06. The zero-order chi connectivity index (χ0) is 24.0. The molecule has 4 rings (SSSR count). The van der Waals surface area contributed by atoms with Gasteiger partial charge in [0, 0.05) is 30.3 Å². The van der Waals surface area contributed by atoms with Crippen molar-refractivity contribution in [3.8, 4) is 11.1 Å². The Hall–Kier alpha value is -3.80. The Morgan fingerprint density at radius 2 is 1.62 bits per heavy atom. The van der Waals surface area contributed by atoms with Crippen LogP contribution in [0.15, 0.2) is 84.9 Å². The summed E-state index contributed by atoms with van der Waals surface area (Å²) < 4.78 is 10.8. The number of hydrogen-bond donors (Lipinski definition) is 1. The maximum absolute atomic E-state index is 13.1. The topological polar surface area (TPSA) is 67.9 Å². The molecular formula is C28H30N2O4. The SMILES string of the molecule is COC(=O)[C@]1(Nc2ccccc2-c2ccccc2)CCN(C(=O)OCc2ccccc2)[C@@H](C)C1. The van der Waals surface area contributed by atoms with Crippen LogP contribution in [0.25, 0.3) is 11.1 Å². The number of piperidine rings is 1. The van der Waals surface area contributed by atoms with Crippen LogP contribution in [-0.2, 0) is 20.9 Å². The first kappa shape index (κ1) is 23.4. The second-order valence-corrected chi connectivity index (χ2v) is 8.65. The molecule has 176 valence electrons. The number of esters is 1. The van der Waals surface area contributed by atoms with E-state index >= 15 is 0 Å². The highest BCUT2D eigenvalue weighted by Crippen LogP contribution is 2.36. The molecule has 6 nitrogen and oxygen atoms in total. The average molecular weight is 459 g/mol. The van der Waals surface area contributed by atoms with Crippen LogP contribution in [0, 0.1) is 0 Å². The van der Waals surface area contributed by atoms with Crippen LogP contribution in [0.4, 0.5) is 10.5 Å². The second kappa shape index (κ2) is 10.4. The van der Waals surface area contributed by atoms with E-state index in [-0.39, 0.29) is 24.7 Å². The summed E-state index contributed by atoms with van der Waals surface area (Å²) in [5.74, 6) is -0.334. The van der Waals surface area contributed by atoms with Gasteiger partial charge in [0.05, 0.1) is 7.11 Å². The Morgan fingerprint density at radius 3 is 2.29 bits per heavy atom. The van der Waals surface area contributed by atoms with Crippen LogP contribution >= 0.6 is 0 Å². The van der Waals surface area contributed by atoms with Gasteiger partial charge in [-0.15, -0.1) is 0 Å². The minimum absolute atomic E-state index is 0.215. The molecule has 1 fully saturated rings. The molecule has 1 saturated heterocycles. The minimum atomic E-state index is -0.949. The van der Waals surface area contributed by atoms with E-state index in [4.69, 9.17) is 9.47 Å². The molecule has 0 aliphatic carbocycles. The fraction of sp³-hybridized carbons (Fsp3) is 0.286. The summed E-state index contributed by atoms with van der Waals surface area (Å²) in [6.07, 6.45) is 0.441. The highest BCUT2D eigenvalue weighted by molar-refractivity contribution is 5.88. The van der Waals surface area contributed by atoms with Crippen molar-refractivity contribution in [1.29, 1.82) is 0 Å². The number of ether oxygens (including phenoxy) is 2. The molecule has 3 aromatic carbocycles. The van der Waals surface area contributed by atoms with Gasteiger partial charge >= 0.3 is 12.1 Å². The van der Waals surface area contributed by atoms with Crippen LogP contribution < -0.4 is 5.32 Å². The van der Waals surface area contributed by atoms with E-state index in [2.05, 4.69) is 5.32 Å². The summed E-state index contributed by atoms with van der Waals surface area (Å²) in [5.41, 5.74) is 2.90. The van der Waals surface area contributed by atoms with E-state index in [1.54, 1.807) is 4.90 Å². The molecule has 0 bridgehead atoms. The molecule has 0 spiro atoms. The quantitative estimate of drug-likeness (QED) is 0.494. The molecule has 1 N–H and O–H groups in total. The van der Waals surface area contributed by atoms with Gasteiger partial charge in [-0.05, 0) is 30.5 Å². The van der Waals surface area contributed by atoms with Crippen molar-refractivity contribution >= 4 is 17.7 Å². The van der Waals surface area contributed by atoms with Gasteiger partial charge in [-0.1, -0.05) is 78.9 Å². The predicted molar refractivity (Wildman–Crippen MR) is 132 cm³/mol. The Morgan fingerprint density at radius 1 is 0.971 bits per heavy atom. The number of nitrogens with zero attached hydrogens (tertiary/aromatic N) is 1. The van der Waals surface area contributed by atoms with Crippen molar-refractivity contribution in [2.75, 3.05) is 19.0 Å². The number of nitrogens with one attached hydrogen (secondary N) is 1. The van der Waals surface area contributed by atoms with E-state index in [1.807, 2.05) is 91.9 Å². The Balaban J connectivity index is 1.51. The molecule has 6 heteroatoms. The summed E-state index contributed by atoms with van der Waals surface area (Å²) in [6.45, 7) is 2.53. The van der Waals surface area contributed by atoms with Crippen molar-refractivity contribution < 1.29 is 19.1 Å². The molecule has 1 aliphatic rings. The maximum Gasteiger partial charge on any atom is 0.410 e. The average Bonchev–Trinajstić information content (AvgIpc) is 2.88. The smallest absolute Gasteiger partial charge is 0.410 e. The Bertz CT molecular complexity index is 1120. The molecule has 3 aromatic rings. The number of likely N-dealkylation sites (tertiary alicyclic amines) is 1. The number of rotatable bonds is 6. The Kier molecular flexibility index (Phi) is 7.16. The van der Waals surface area contributed by atoms with Crippen LogP contribution in [-0.4, -0.2) is 42.2 Å². The highest BCUT2D eigenvalue weighted by Gasteiger charge is 2.47. The first-order valence-corrected chi connectivity index (χ1v) is 11.5. The number of anilines is 1. The third-order valence-electron chi connectivity index (χ3n) is 6.36. The summed E-state index contributed by atoms with van der Waals surface area (Å²) >= 11 is 0. The predicted octanol–water partition coefficient (Wildman–Crippen LogP) is 5.50. The summed E-state index contributed by atoms with van der Waals surface area (Å²) in [7, 11) is 1.40. The fourth-order valence-corrected chi connectivity index (χ4v) is 4.59. The molecule has 0 unspecified atom stereocenters. The molecule has 2 atom stereocenters. The van der Waals surface area contributed by atoms with Crippen LogP contribution in [0.5, 0.6) is 0 Å². The summed E-state index contributed by atoms with van der Waals surface area (Å²) in [4.78, 5) is 27.5. The molecule has 0 saturated carbocycles. The van der Waals surface area contributed by atoms with Crippen LogP contribution in [0.2, 0.25) is 0 Å². The van der Waals surface area contributed by atoms with E-state index in [9.17, 15) is 9.59 Å². The number of carbonyl (C=O) groups is 2. The van der Waals surface area contributed by atoms with Gasteiger partial charge < -0.3 is 19.7 Å². The van der Waals surface area contributed by atoms with Gasteiger partial charge in [-0.2, -0.15) is 0 Å². The molecule has 34 heavy (non-hydrogen) atoms. The third-order valence-corrected chi connectivity index (χ3v) is 6.36. The normalized spacial score (nSPS) is 19.8. The monoisotopic (exact) mass is 458 g/mol. The lowest BCUT2D eigenvalue weighted by atomic mass is 9.83. The van der Waals surface area contributed by atoms with Crippen molar-refractivity contribution in [3.63, 3.8) is 0 Å². The molecular weight excluding hydrogens is 428 g/mol. The summed E-state index contributed by atoms with van der Waals surface area (Å²) in [6, 6.07) is 27.3. The largest absolute Gasteiger partial charge is 0.467 e. The first-order chi connectivity index (χ1) is 16.5. The van der Waals surface area contributed by atoms with E-state index in [0.29, 0.717) is 19.4 Å². The van der Waals surface area contributed by atoms with Gasteiger partial charge in [-0.3, -0.25) is 0 Å². The van der Waals surface area contributed by atoms with Crippen molar-refractivity contribution in [2.24, 2.45) is 0 Å². The van der Waals surface area contributed by atoms with Crippen LogP contribution in [0.3, 0.4) is 0 Å². The van der Waals surface area contributed by atoms with Crippen molar-refractivity contribution in [2.45, 2.75) is 38.0 Å². The van der Waals surface area contributed by atoms with Crippen molar-refractivity contribution in [1.82, 2.24) is 4.90 Å². The first-order valence-electron chi connectivity index (χ1n) is 11.5. The van der Waals surface area contributed by atoms with Gasteiger partial charge in [0.25, 0.3) is 0 Å². The molecule has 1 heterocycles. The molecule has 0 radical (unpaired) electrons.